The number of amides is 2. The van der Waals surface area contributed by atoms with Gasteiger partial charge < -0.3 is 10.6 Å². The fourth-order valence-corrected chi connectivity index (χ4v) is 2.52. The summed E-state index contributed by atoms with van der Waals surface area (Å²) in [6.45, 7) is 1.34. The third-order valence-electron chi connectivity index (χ3n) is 3.12. The second-order valence-corrected chi connectivity index (χ2v) is 5.67. The van der Waals surface area contributed by atoms with Crippen LogP contribution in [0, 0.1) is 4.91 Å². The molecule has 1 aromatic carbocycles. The molecule has 23 heavy (non-hydrogen) atoms. The topological polar surface area (TPSA) is 101 Å². The number of pyridine rings is 1. The molecule has 1 heterocycles. The minimum atomic E-state index is -0.716. The van der Waals surface area contributed by atoms with Gasteiger partial charge in [-0.1, -0.05) is 6.07 Å². The van der Waals surface area contributed by atoms with Gasteiger partial charge in [-0.05, 0) is 30.7 Å². The summed E-state index contributed by atoms with van der Waals surface area (Å²) in [5.74, 6) is -0.296. The molecule has 0 aliphatic heterocycles. The van der Waals surface area contributed by atoms with Crippen molar-refractivity contribution in [2.24, 2.45) is 4.58 Å². The fraction of sp³-hybridized carbons (Fsp3) is 0.267. The molecule has 2 N–H and O–H groups in total. The zero-order valence-corrected chi connectivity index (χ0v) is 13.3. The summed E-state index contributed by atoms with van der Waals surface area (Å²) in [6.07, 6.45) is 2.02. The summed E-state index contributed by atoms with van der Waals surface area (Å²) in [5, 5.41) is 6.25. The first-order valence-electron chi connectivity index (χ1n) is 6.97. The summed E-state index contributed by atoms with van der Waals surface area (Å²) >= 11 is 0.819. The number of fused-ring (bicyclic) bond motifs is 1. The van der Waals surface area contributed by atoms with E-state index in [0.717, 1.165) is 22.9 Å². The van der Waals surface area contributed by atoms with Gasteiger partial charge in [0, 0.05) is 46.5 Å². The normalized spacial score (nSPS) is 11.7. The number of hydrogen-bond donors (Lipinski definition) is 2. The molecular weight excluding hydrogens is 316 g/mol. The molecule has 0 bridgehead atoms. The van der Waals surface area contributed by atoms with Gasteiger partial charge in [-0.15, -0.1) is 4.91 Å². The van der Waals surface area contributed by atoms with E-state index in [0.29, 0.717) is 17.9 Å². The number of carbonyl (C=O) groups excluding carboxylic acids is 2. The summed E-state index contributed by atoms with van der Waals surface area (Å²) < 4.78 is 2.68. The molecule has 0 saturated heterocycles. The van der Waals surface area contributed by atoms with E-state index in [9.17, 15) is 14.5 Å². The van der Waals surface area contributed by atoms with Crippen molar-refractivity contribution in [2.45, 2.75) is 19.4 Å². The zero-order valence-electron chi connectivity index (χ0n) is 12.5. The van der Waals surface area contributed by atoms with Crippen LogP contribution in [0.2, 0.25) is 0 Å². The molecule has 7 nitrogen and oxygen atoms in total. The highest BCUT2D eigenvalue weighted by Gasteiger charge is 2.19. The Hall–Kier alpha value is -2.48. The first-order valence-corrected chi connectivity index (χ1v) is 7.92. The van der Waals surface area contributed by atoms with E-state index in [1.807, 2.05) is 24.3 Å². The number of nitrogens with zero attached hydrogens (tertiary/aromatic N) is 2. The Morgan fingerprint density at radius 1 is 1.35 bits per heavy atom. The van der Waals surface area contributed by atoms with E-state index < -0.39 is 6.04 Å². The molecule has 0 spiro atoms. The van der Waals surface area contributed by atoms with Gasteiger partial charge in [-0.3, -0.25) is 14.6 Å². The highest BCUT2D eigenvalue weighted by molar-refractivity contribution is 7.97. The summed E-state index contributed by atoms with van der Waals surface area (Å²) in [5.41, 5.74) is 1.45. The lowest BCUT2D eigenvalue weighted by molar-refractivity contribution is -0.125. The molecule has 0 saturated carbocycles. The van der Waals surface area contributed by atoms with Gasteiger partial charge in [-0.2, -0.15) is 0 Å². The van der Waals surface area contributed by atoms with Crippen LogP contribution in [0.25, 0.3) is 10.9 Å². The van der Waals surface area contributed by atoms with Crippen molar-refractivity contribution in [3.63, 3.8) is 0 Å². The number of aromatic nitrogens is 1. The van der Waals surface area contributed by atoms with Gasteiger partial charge in [0.1, 0.15) is 6.04 Å². The highest BCUT2D eigenvalue weighted by atomic mass is 32.2. The van der Waals surface area contributed by atoms with Crippen molar-refractivity contribution in [2.75, 3.05) is 11.1 Å². The molecule has 0 aliphatic rings. The highest BCUT2D eigenvalue weighted by Crippen LogP contribution is 2.17. The first-order chi connectivity index (χ1) is 11.1. The van der Waals surface area contributed by atoms with Crippen LogP contribution < -0.4 is 10.6 Å². The lowest BCUT2D eigenvalue weighted by Crippen LogP contribution is -2.43. The predicted molar refractivity (Wildman–Crippen MR) is 90.8 cm³/mol. The molecule has 2 rings (SSSR count). The SMILES string of the molecule is CC(=O)NC(CCSN=O)C(=O)Nc1ccc2ncccc2c1. The zero-order chi connectivity index (χ0) is 16.7. The monoisotopic (exact) mass is 332 g/mol. The Morgan fingerprint density at radius 3 is 2.91 bits per heavy atom. The van der Waals surface area contributed by atoms with E-state index in [1.54, 1.807) is 12.3 Å². The summed E-state index contributed by atoms with van der Waals surface area (Å²) in [7, 11) is 0. The predicted octanol–water partition coefficient (Wildman–Crippen LogP) is 2.48. The van der Waals surface area contributed by atoms with Crippen molar-refractivity contribution in [1.29, 1.82) is 0 Å². The molecular formula is C15H16N4O3S. The third-order valence-corrected chi connectivity index (χ3v) is 3.64. The number of hydrogen-bond acceptors (Lipinski definition) is 6. The smallest absolute Gasteiger partial charge is 0.246 e. The van der Waals surface area contributed by atoms with Crippen LogP contribution in [-0.2, 0) is 9.59 Å². The van der Waals surface area contributed by atoms with Crippen LogP contribution in [0.3, 0.4) is 0 Å². The Bertz CT molecular complexity index is 723. The molecule has 0 radical (unpaired) electrons. The van der Waals surface area contributed by atoms with Gasteiger partial charge in [0.15, 0.2) is 0 Å². The number of carbonyl (C=O) groups is 2. The first kappa shape index (κ1) is 16.9. The minimum Gasteiger partial charge on any atom is -0.345 e. The molecule has 0 aliphatic carbocycles. The lowest BCUT2D eigenvalue weighted by atomic mass is 10.1. The van der Waals surface area contributed by atoms with Gasteiger partial charge in [0.25, 0.3) is 0 Å². The second kappa shape index (κ2) is 8.23. The van der Waals surface area contributed by atoms with Crippen molar-refractivity contribution in [3.05, 3.63) is 41.4 Å². The van der Waals surface area contributed by atoms with Crippen molar-refractivity contribution >= 4 is 40.4 Å². The quantitative estimate of drug-likeness (QED) is 0.461. The Morgan fingerprint density at radius 2 is 2.17 bits per heavy atom. The number of nitrogens with one attached hydrogen (secondary N) is 2. The minimum absolute atomic E-state index is 0.308. The van der Waals surface area contributed by atoms with E-state index in [1.165, 1.54) is 6.92 Å². The van der Waals surface area contributed by atoms with E-state index in [-0.39, 0.29) is 11.8 Å². The average molecular weight is 332 g/mol. The maximum absolute atomic E-state index is 12.3. The molecule has 1 unspecified atom stereocenters. The molecule has 2 amide bonds. The number of anilines is 1. The van der Waals surface area contributed by atoms with Crippen LogP contribution in [0.4, 0.5) is 5.69 Å². The number of benzene rings is 1. The van der Waals surface area contributed by atoms with Gasteiger partial charge in [-0.25, -0.2) is 0 Å². The molecule has 8 heteroatoms. The van der Waals surface area contributed by atoms with E-state index in [4.69, 9.17) is 0 Å². The summed E-state index contributed by atoms with van der Waals surface area (Å²) in [4.78, 5) is 37.9. The molecule has 0 fully saturated rings. The average Bonchev–Trinajstić information content (AvgIpc) is 2.53. The molecule has 120 valence electrons. The molecule has 2 aromatic rings. The standard InChI is InChI=1S/C15H16N4O3S/c1-10(20)17-14(6-8-23-19-22)15(21)18-12-4-5-13-11(9-12)3-2-7-16-13/h2-5,7,9,14H,6,8H2,1H3,(H,17,20)(H,18,21). The molecule has 1 aromatic heterocycles. The van der Waals surface area contributed by atoms with Crippen molar-refractivity contribution in [3.8, 4) is 0 Å². The Kier molecular flexibility index (Phi) is 6.04. The van der Waals surface area contributed by atoms with Crippen molar-refractivity contribution < 1.29 is 9.59 Å². The van der Waals surface area contributed by atoms with Crippen LogP contribution in [0.1, 0.15) is 13.3 Å². The molecule has 1 atom stereocenters. The van der Waals surface area contributed by atoms with Crippen LogP contribution in [-0.4, -0.2) is 28.6 Å². The van der Waals surface area contributed by atoms with E-state index >= 15 is 0 Å². The van der Waals surface area contributed by atoms with Crippen molar-refractivity contribution in [1.82, 2.24) is 10.3 Å². The van der Waals surface area contributed by atoms with Crippen LogP contribution in [0.5, 0.6) is 0 Å². The Labute approximate surface area is 137 Å². The lowest BCUT2D eigenvalue weighted by Gasteiger charge is -2.17. The van der Waals surface area contributed by atoms with Crippen LogP contribution in [0.15, 0.2) is 41.1 Å². The Balaban J connectivity index is 2.08. The third kappa shape index (κ3) is 5.03. The van der Waals surface area contributed by atoms with Crippen LogP contribution >= 0.6 is 11.9 Å². The van der Waals surface area contributed by atoms with Gasteiger partial charge in [0.05, 0.1) is 5.52 Å². The maximum atomic E-state index is 12.3. The largest absolute Gasteiger partial charge is 0.345 e. The fourth-order valence-electron chi connectivity index (χ4n) is 2.10. The van der Waals surface area contributed by atoms with E-state index in [2.05, 4.69) is 20.2 Å². The van der Waals surface area contributed by atoms with Gasteiger partial charge >= 0.3 is 0 Å². The number of rotatable bonds is 7. The second-order valence-electron chi connectivity index (χ2n) is 4.85. The summed E-state index contributed by atoms with van der Waals surface area (Å²) in [6, 6.07) is 8.37. The maximum Gasteiger partial charge on any atom is 0.246 e. The van der Waals surface area contributed by atoms with Gasteiger partial charge in [0.2, 0.25) is 11.8 Å². The number of nitroso groups, excluding NO2 is 1.